The Balaban J connectivity index is 0.882. The van der Waals surface area contributed by atoms with Gasteiger partial charge < -0.3 is 18.6 Å². The minimum absolute atomic E-state index is 0.0856. The van der Waals surface area contributed by atoms with E-state index in [4.69, 9.17) is 8.83 Å². The van der Waals surface area contributed by atoms with Gasteiger partial charge >= 0.3 is 0 Å². The second kappa shape index (κ2) is 17.1. The van der Waals surface area contributed by atoms with E-state index in [0.717, 1.165) is 91.9 Å². The molecule has 4 aliphatic rings. The normalized spacial score (nSPS) is 17.2. The molecule has 0 spiro atoms. The van der Waals surface area contributed by atoms with Crippen LogP contribution in [-0.2, 0) is 6.42 Å². The third-order valence-corrected chi connectivity index (χ3v) is 16.8. The van der Waals surface area contributed by atoms with Gasteiger partial charge in [-0.2, -0.15) is 0 Å². The van der Waals surface area contributed by atoms with Crippen LogP contribution >= 0.6 is 0 Å². The van der Waals surface area contributed by atoms with Gasteiger partial charge in [-0.25, -0.2) is 0 Å². The number of furan rings is 2. The molecular weight excluding hydrogens is 925 g/mol. The van der Waals surface area contributed by atoms with Crippen molar-refractivity contribution in [2.45, 2.75) is 31.2 Å². The number of anilines is 4. The van der Waals surface area contributed by atoms with Gasteiger partial charge in [0.1, 0.15) is 16.9 Å². The van der Waals surface area contributed by atoms with E-state index >= 15 is 0 Å². The molecule has 0 N–H and O–H groups in total. The zero-order chi connectivity index (χ0) is 49.8. The van der Waals surface area contributed by atoms with Gasteiger partial charge in [-0.15, -0.1) is 0 Å². The van der Waals surface area contributed by atoms with Crippen LogP contribution in [0.2, 0.25) is 0 Å². The molecule has 0 amide bonds. The molecule has 10 aromatic carbocycles. The van der Waals surface area contributed by atoms with Crippen LogP contribution in [0, 0.1) is 5.92 Å². The minimum atomic E-state index is -0.0856. The van der Waals surface area contributed by atoms with E-state index in [0.29, 0.717) is 5.92 Å². The van der Waals surface area contributed by atoms with Crippen molar-refractivity contribution >= 4 is 89.4 Å². The average Bonchev–Trinajstić information content (AvgIpc) is 4.18. The largest absolute Gasteiger partial charge is 0.458 e. The molecule has 3 unspecified atom stereocenters. The SMILES string of the molecule is C1=Cc2c(oc3c(-c4ccccc4)cc4ccccc4c23)C(N(c2ccccc2)c2ccc3c4c2CCC2C=CC(N(c5ccccc5)c5cccc6c5oc5c(-c7ccccc7)cc7ccccc7c56)=C(C=C3)C42)C1. The highest BCUT2D eigenvalue weighted by molar-refractivity contribution is 6.24. The Bertz CT molecular complexity index is 4440. The van der Waals surface area contributed by atoms with E-state index in [9.17, 15) is 0 Å². The molecular formula is C72H50N2O2. The Morgan fingerprint density at radius 1 is 0.474 bits per heavy atom. The van der Waals surface area contributed by atoms with Gasteiger partial charge in [-0.05, 0) is 135 Å². The van der Waals surface area contributed by atoms with E-state index in [2.05, 4.69) is 259 Å². The van der Waals surface area contributed by atoms with Crippen LogP contribution in [0.4, 0.5) is 22.7 Å². The van der Waals surface area contributed by atoms with E-state index in [1.54, 1.807) is 0 Å². The molecule has 4 aliphatic carbocycles. The summed E-state index contributed by atoms with van der Waals surface area (Å²) in [7, 11) is 0. The van der Waals surface area contributed by atoms with Gasteiger partial charge in [-0.1, -0.05) is 194 Å². The topological polar surface area (TPSA) is 32.8 Å². The zero-order valence-corrected chi connectivity index (χ0v) is 41.7. The third kappa shape index (κ3) is 6.50. The summed E-state index contributed by atoms with van der Waals surface area (Å²) in [5, 5.41) is 8.25. The monoisotopic (exact) mass is 974 g/mol. The number of allylic oxidation sites excluding steroid dienone is 4. The first-order valence-corrected chi connectivity index (χ1v) is 26.8. The summed E-state index contributed by atoms with van der Waals surface area (Å²) < 4.78 is 14.7. The fourth-order valence-electron chi connectivity index (χ4n) is 13.6. The maximum absolute atomic E-state index is 7.39. The molecule has 4 nitrogen and oxygen atoms in total. The second-order valence-electron chi connectivity index (χ2n) is 20.9. The van der Waals surface area contributed by atoms with Gasteiger partial charge in [0.05, 0.1) is 11.7 Å². The molecule has 0 saturated heterocycles. The van der Waals surface area contributed by atoms with Crippen molar-refractivity contribution in [2.75, 3.05) is 9.80 Å². The Morgan fingerprint density at radius 3 is 1.80 bits per heavy atom. The van der Waals surface area contributed by atoms with E-state index in [1.165, 1.54) is 66.1 Å². The molecule has 3 atom stereocenters. The van der Waals surface area contributed by atoms with Crippen molar-refractivity contribution in [3.8, 4) is 22.3 Å². The first-order chi connectivity index (χ1) is 37.7. The van der Waals surface area contributed by atoms with Crippen LogP contribution < -0.4 is 9.80 Å². The lowest BCUT2D eigenvalue weighted by Crippen LogP contribution is -2.32. The number of hydrogen-bond donors (Lipinski definition) is 0. The lowest BCUT2D eigenvalue weighted by molar-refractivity contribution is 0.475. The molecule has 0 fully saturated rings. The summed E-state index contributed by atoms with van der Waals surface area (Å²) in [5.41, 5.74) is 19.6. The predicted molar refractivity (Wildman–Crippen MR) is 316 cm³/mol. The van der Waals surface area contributed by atoms with Crippen LogP contribution in [0.5, 0.6) is 0 Å². The summed E-state index contributed by atoms with van der Waals surface area (Å²) in [6.45, 7) is 0. The molecule has 76 heavy (non-hydrogen) atoms. The van der Waals surface area contributed by atoms with E-state index < -0.39 is 0 Å². The molecule has 12 aromatic rings. The Kier molecular flexibility index (Phi) is 9.68. The molecule has 0 bridgehead atoms. The van der Waals surface area contributed by atoms with Crippen LogP contribution in [0.3, 0.4) is 0 Å². The minimum Gasteiger partial charge on any atom is -0.458 e. The third-order valence-electron chi connectivity index (χ3n) is 16.8. The average molecular weight is 975 g/mol. The zero-order valence-electron chi connectivity index (χ0n) is 41.7. The molecule has 0 aliphatic heterocycles. The van der Waals surface area contributed by atoms with E-state index in [-0.39, 0.29) is 12.0 Å². The van der Waals surface area contributed by atoms with Gasteiger partial charge in [0.2, 0.25) is 0 Å². The molecule has 4 heteroatoms. The Morgan fingerprint density at radius 2 is 1.09 bits per heavy atom. The number of para-hydroxylation sites is 3. The lowest BCUT2D eigenvalue weighted by Gasteiger charge is -2.44. The quantitative estimate of drug-likeness (QED) is 0.152. The van der Waals surface area contributed by atoms with Gasteiger partial charge in [-0.3, -0.25) is 0 Å². The van der Waals surface area contributed by atoms with Gasteiger partial charge in [0, 0.05) is 61.5 Å². The molecule has 0 saturated carbocycles. The lowest BCUT2D eigenvalue weighted by atomic mass is 9.65. The standard InChI is InChI=1S/C72H50N2O2/c1-5-19-45(20-6-1)59-43-49-23-13-15-29-53(49)67-57-31-17-33-63(69(57)75-71(59)67)73(51-25-9-3-10-26-51)61-41-37-47-36-40-56-62(42-38-48-35-39-55(61)65(47)66(48)56)74(52-27-11-4-12-28-52)64-34-18-32-58-68-54-30-16-14-24-50(54)44-60(72(68)76-70(58)64)46-21-7-2-8-22-46/h1-33,35,37-39,41-44,47,64-65H,34,36,40H2. The van der Waals surface area contributed by atoms with E-state index in [1.807, 2.05) is 0 Å². The summed E-state index contributed by atoms with van der Waals surface area (Å²) in [6, 6.07) is 76.8. The van der Waals surface area contributed by atoms with Crippen LogP contribution in [0.25, 0.3) is 88.9 Å². The van der Waals surface area contributed by atoms with Crippen molar-refractivity contribution in [2.24, 2.45) is 5.92 Å². The van der Waals surface area contributed by atoms with Crippen LogP contribution in [0.15, 0.2) is 257 Å². The number of benzene rings is 10. The summed E-state index contributed by atoms with van der Waals surface area (Å²) in [5.74, 6) is 1.52. The fraction of sp³-hybridized carbons (Fsp3) is 0.0833. The summed E-state index contributed by atoms with van der Waals surface area (Å²) in [6.07, 6.45) is 17.2. The van der Waals surface area contributed by atoms with Crippen molar-refractivity contribution in [3.05, 3.63) is 276 Å². The first-order valence-electron chi connectivity index (χ1n) is 26.8. The highest BCUT2D eigenvalue weighted by atomic mass is 16.3. The van der Waals surface area contributed by atoms with Crippen molar-refractivity contribution in [1.29, 1.82) is 0 Å². The number of rotatable bonds is 8. The van der Waals surface area contributed by atoms with Gasteiger partial charge in [0.25, 0.3) is 0 Å². The first kappa shape index (κ1) is 43.1. The van der Waals surface area contributed by atoms with Crippen LogP contribution in [0.1, 0.15) is 52.8 Å². The predicted octanol–water partition coefficient (Wildman–Crippen LogP) is 19.6. The van der Waals surface area contributed by atoms with Crippen LogP contribution in [-0.4, -0.2) is 0 Å². The molecule has 2 heterocycles. The Hall–Kier alpha value is -9.38. The maximum Gasteiger partial charge on any atom is 0.159 e. The number of nitrogens with zero attached hydrogens (tertiary/aromatic N) is 2. The highest BCUT2D eigenvalue weighted by Crippen LogP contribution is 2.56. The highest BCUT2D eigenvalue weighted by Gasteiger charge is 2.41. The second-order valence-corrected chi connectivity index (χ2v) is 20.9. The van der Waals surface area contributed by atoms with Crippen molar-refractivity contribution in [1.82, 2.24) is 0 Å². The summed E-state index contributed by atoms with van der Waals surface area (Å²) >= 11 is 0. The smallest absolute Gasteiger partial charge is 0.159 e. The Labute approximate surface area is 441 Å². The number of fused-ring (bicyclic) bond motifs is 10. The summed E-state index contributed by atoms with van der Waals surface area (Å²) in [4.78, 5) is 5.07. The molecule has 0 radical (unpaired) electrons. The maximum atomic E-state index is 7.39. The number of hydrogen-bond acceptors (Lipinski definition) is 4. The molecule has 360 valence electrons. The molecule has 16 rings (SSSR count). The fourth-order valence-corrected chi connectivity index (χ4v) is 13.6. The van der Waals surface area contributed by atoms with Crippen molar-refractivity contribution < 1.29 is 8.83 Å². The van der Waals surface area contributed by atoms with Crippen molar-refractivity contribution in [3.63, 3.8) is 0 Å². The molecule has 2 aromatic heterocycles. The van der Waals surface area contributed by atoms with Gasteiger partial charge in [0.15, 0.2) is 5.58 Å².